The van der Waals surface area contributed by atoms with Gasteiger partial charge in [-0.05, 0) is 30.7 Å². The monoisotopic (exact) mass is 245 g/mol. The van der Waals surface area contributed by atoms with Gasteiger partial charge in [-0.15, -0.1) is 0 Å². The minimum atomic E-state index is -0.296. The van der Waals surface area contributed by atoms with Crippen LogP contribution in [0.25, 0.3) is 0 Å². The lowest BCUT2D eigenvalue weighted by Gasteiger charge is -2.17. The molecule has 0 aliphatic carbocycles. The number of hydrogen-bond acceptors (Lipinski definition) is 2. The van der Waals surface area contributed by atoms with Gasteiger partial charge in [-0.2, -0.15) is 0 Å². The van der Waals surface area contributed by atoms with Crippen LogP contribution in [-0.4, -0.2) is 0 Å². The summed E-state index contributed by atoms with van der Waals surface area (Å²) in [6.45, 7) is 2.22. The van der Waals surface area contributed by atoms with Crippen molar-refractivity contribution in [3.8, 4) is 5.75 Å². The van der Waals surface area contributed by atoms with Gasteiger partial charge in [0, 0.05) is 12.1 Å². The molecule has 2 N–H and O–H groups in total. The van der Waals surface area contributed by atoms with E-state index in [0.29, 0.717) is 11.3 Å². The van der Waals surface area contributed by atoms with E-state index in [1.807, 2.05) is 37.3 Å². The highest BCUT2D eigenvalue weighted by atomic mass is 19.1. The summed E-state index contributed by atoms with van der Waals surface area (Å²) in [6.07, 6.45) is -0.0954. The molecule has 2 aromatic carbocycles. The summed E-state index contributed by atoms with van der Waals surface area (Å²) in [4.78, 5) is 0. The highest BCUT2D eigenvalue weighted by Gasteiger charge is 2.10. The Bertz CT molecular complexity index is 513. The van der Waals surface area contributed by atoms with Crippen LogP contribution in [0.2, 0.25) is 0 Å². The van der Waals surface area contributed by atoms with Gasteiger partial charge in [0.1, 0.15) is 17.7 Å². The topological polar surface area (TPSA) is 35.2 Å². The van der Waals surface area contributed by atoms with Crippen molar-refractivity contribution in [3.05, 3.63) is 65.5 Å². The van der Waals surface area contributed by atoms with E-state index < -0.39 is 0 Å². The molecule has 0 bridgehead atoms. The van der Waals surface area contributed by atoms with Gasteiger partial charge in [-0.25, -0.2) is 4.39 Å². The van der Waals surface area contributed by atoms with E-state index in [1.165, 1.54) is 12.1 Å². The molecule has 94 valence electrons. The Hall–Kier alpha value is -1.87. The summed E-state index contributed by atoms with van der Waals surface area (Å²) in [7, 11) is 0. The lowest BCUT2D eigenvalue weighted by atomic mass is 10.1. The SMILES string of the molecule is CC(Oc1ccc(F)cc1CN)c1ccccc1. The molecule has 2 rings (SSSR count). The van der Waals surface area contributed by atoms with E-state index in [-0.39, 0.29) is 18.5 Å². The molecule has 0 saturated heterocycles. The first-order valence-corrected chi connectivity index (χ1v) is 5.91. The molecule has 3 heteroatoms. The zero-order valence-corrected chi connectivity index (χ0v) is 10.3. The first-order chi connectivity index (χ1) is 8.70. The van der Waals surface area contributed by atoms with E-state index in [9.17, 15) is 4.39 Å². The number of hydrogen-bond donors (Lipinski definition) is 1. The molecule has 2 aromatic rings. The summed E-state index contributed by atoms with van der Waals surface area (Å²) >= 11 is 0. The Morgan fingerprint density at radius 2 is 1.89 bits per heavy atom. The molecular formula is C15H16FNO. The van der Waals surface area contributed by atoms with Gasteiger partial charge in [0.2, 0.25) is 0 Å². The van der Waals surface area contributed by atoms with Gasteiger partial charge in [0.15, 0.2) is 0 Å². The third-order valence-corrected chi connectivity index (χ3v) is 2.82. The highest BCUT2D eigenvalue weighted by Crippen LogP contribution is 2.25. The minimum absolute atomic E-state index is 0.0954. The minimum Gasteiger partial charge on any atom is -0.486 e. The van der Waals surface area contributed by atoms with Gasteiger partial charge in [-0.3, -0.25) is 0 Å². The van der Waals surface area contributed by atoms with Crippen molar-refractivity contribution in [1.29, 1.82) is 0 Å². The molecule has 18 heavy (non-hydrogen) atoms. The summed E-state index contributed by atoms with van der Waals surface area (Å²) in [5, 5.41) is 0. The van der Waals surface area contributed by atoms with Crippen LogP contribution in [0.15, 0.2) is 48.5 Å². The molecular weight excluding hydrogens is 229 g/mol. The van der Waals surface area contributed by atoms with Gasteiger partial charge in [0.05, 0.1) is 0 Å². The summed E-state index contributed by atoms with van der Waals surface area (Å²) in [5.74, 6) is 0.338. The molecule has 1 unspecified atom stereocenters. The van der Waals surface area contributed by atoms with Crippen LogP contribution >= 0.6 is 0 Å². The second-order valence-electron chi connectivity index (χ2n) is 4.13. The molecule has 0 spiro atoms. The maximum atomic E-state index is 13.1. The first-order valence-electron chi connectivity index (χ1n) is 5.91. The first kappa shape index (κ1) is 12.6. The molecule has 2 nitrogen and oxygen atoms in total. The van der Waals surface area contributed by atoms with Gasteiger partial charge in [0.25, 0.3) is 0 Å². The van der Waals surface area contributed by atoms with Crippen LogP contribution in [-0.2, 0) is 6.54 Å². The van der Waals surface area contributed by atoms with E-state index >= 15 is 0 Å². The van der Waals surface area contributed by atoms with Crippen LogP contribution in [0.1, 0.15) is 24.2 Å². The lowest BCUT2D eigenvalue weighted by molar-refractivity contribution is 0.224. The van der Waals surface area contributed by atoms with Crippen LogP contribution < -0.4 is 10.5 Å². The average molecular weight is 245 g/mol. The fourth-order valence-electron chi connectivity index (χ4n) is 1.81. The number of benzene rings is 2. The quantitative estimate of drug-likeness (QED) is 0.895. The summed E-state index contributed by atoms with van der Waals surface area (Å²) in [5.41, 5.74) is 7.34. The molecule has 0 amide bonds. The van der Waals surface area contributed by atoms with E-state index in [0.717, 1.165) is 5.56 Å². The normalized spacial score (nSPS) is 12.2. The Labute approximate surface area is 106 Å². The average Bonchev–Trinajstić information content (AvgIpc) is 2.41. The molecule has 1 atom stereocenters. The van der Waals surface area contributed by atoms with Crippen LogP contribution in [0.3, 0.4) is 0 Å². The lowest BCUT2D eigenvalue weighted by Crippen LogP contribution is -2.07. The van der Waals surface area contributed by atoms with Gasteiger partial charge < -0.3 is 10.5 Å². The molecule has 0 heterocycles. The number of rotatable bonds is 4. The Morgan fingerprint density at radius 1 is 1.17 bits per heavy atom. The second kappa shape index (κ2) is 5.65. The van der Waals surface area contributed by atoms with E-state index in [2.05, 4.69) is 0 Å². The standard InChI is InChI=1S/C15H16FNO/c1-11(12-5-3-2-4-6-12)18-15-8-7-14(16)9-13(15)10-17/h2-9,11H,10,17H2,1H3. The van der Waals surface area contributed by atoms with E-state index in [1.54, 1.807) is 6.07 Å². The number of halogens is 1. The molecule has 0 radical (unpaired) electrons. The van der Waals surface area contributed by atoms with Crippen LogP contribution in [0.4, 0.5) is 4.39 Å². The number of ether oxygens (including phenoxy) is 1. The Morgan fingerprint density at radius 3 is 2.56 bits per heavy atom. The zero-order valence-electron chi connectivity index (χ0n) is 10.3. The van der Waals surface area contributed by atoms with Crippen LogP contribution in [0, 0.1) is 5.82 Å². The van der Waals surface area contributed by atoms with Gasteiger partial charge >= 0.3 is 0 Å². The third kappa shape index (κ3) is 2.87. The van der Waals surface area contributed by atoms with Gasteiger partial charge in [-0.1, -0.05) is 30.3 Å². The maximum Gasteiger partial charge on any atom is 0.124 e. The molecule has 0 saturated carbocycles. The maximum absolute atomic E-state index is 13.1. The van der Waals surface area contributed by atoms with Crippen molar-refractivity contribution in [2.24, 2.45) is 5.73 Å². The van der Waals surface area contributed by atoms with Crippen molar-refractivity contribution in [3.63, 3.8) is 0 Å². The van der Waals surface area contributed by atoms with Crippen LogP contribution in [0.5, 0.6) is 5.75 Å². The summed E-state index contributed by atoms with van der Waals surface area (Å²) < 4.78 is 18.9. The predicted octanol–water partition coefficient (Wildman–Crippen LogP) is 3.42. The van der Waals surface area contributed by atoms with E-state index in [4.69, 9.17) is 10.5 Å². The van der Waals surface area contributed by atoms with Crippen molar-refractivity contribution in [1.82, 2.24) is 0 Å². The fourth-order valence-corrected chi connectivity index (χ4v) is 1.81. The van der Waals surface area contributed by atoms with Crippen molar-refractivity contribution in [2.75, 3.05) is 0 Å². The molecule has 0 aromatic heterocycles. The molecule has 0 aliphatic rings. The molecule has 0 aliphatic heterocycles. The zero-order chi connectivity index (χ0) is 13.0. The third-order valence-electron chi connectivity index (χ3n) is 2.82. The van der Waals surface area contributed by atoms with Crippen molar-refractivity contribution < 1.29 is 9.13 Å². The van der Waals surface area contributed by atoms with Crippen molar-refractivity contribution in [2.45, 2.75) is 19.6 Å². The smallest absolute Gasteiger partial charge is 0.124 e. The Kier molecular flexibility index (Phi) is 3.95. The molecule has 0 fully saturated rings. The summed E-state index contributed by atoms with van der Waals surface area (Å²) in [6, 6.07) is 14.3. The highest BCUT2D eigenvalue weighted by molar-refractivity contribution is 5.34. The van der Waals surface area contributed by atoms with Crippen molar-refractivity contribution >= 4 is 0 Å². The largest absolute Gasteiger partial charge is 0.486 e. The number of nitrogens with two attached hydrogens (primary N) is 1. The fraction of sp³-hybridized carbons (Fsp3) is 0.200. The Balaban J connectivity index is 2.19. The predicted molar refractivity (Wildman–Crippen MR) is 69.8 cm³/mol. The second-order valence-corrected chi connectivity index (χ2v) is 4.13.